The van der Waals surface area contributed by atoms with Gasteiger partial charge in [0.25, 0.3) is 0 Å². The van der Waals surface area contributed by atoms with Crippen LogP contribution in [0.2, 0.25) is 0 Å². The second-order valence-electron chi connectivity index (χ2n) is 10.7. The number of rotatable bonds is 5. The molecule has 0 aliphatic carbocycles. The fraction of sp³-hybridized carbons (Fsp3) is 0.310. The third-order valence-corrected chi connectivity index (χ3v) is 7.69. The number of halogens is 2. The number of sulfone groups is 1. The van der Waals surface area contributed by atoms with E-state index in [1.165, 1.54) is 11.0 Å². The topological polar surface area (TPSA) is 90.7 Å². The van der Waals surface area contributed by atoms with Gasteiger partial charge in [0.1, 0.15) is 17.2 Å². The molecule has 8 nitrogen and oxygen atoms in total. The maximum Gasteiger partial charge on any atom is 0.410 e. The number of ether oxygens (including phenoxy) is 2. The van der Waals surface area contributed by atoms with Gasteiger partial charge < -0.3 is 14.0 Å². The lowest BCUT2D eigenvalue weighted by atomic mass is 10.0. The first kappa shape index (κ1) is 27.6. The molecule has 0 radical (unpaired) electrons. The zero-order valence-corrected chi connectivity index (χ0v) is 23.3. The molecule has 0 bridgehead atoms. The molecule has 11 heteroatoms. The Kier molecular flexibility index (Phi) is 7.03. The molecule has 0 saturated carbocycles. The molecule has 0 N–H and O–H groups in total. The molecule has 1 amide bonds. The number of carbonyl (C=O) groups excluding carboxylic acids is 1. The Labute approximate surface area is 231 Å². The van der Waals surface area contributed by atoms with Gasteiger partial charge in [0.05, 0.1) is 28.5 Å². The molecule has 210 valence electrons. The van der Waals surface area contributed by atoms with Gasteiger partial charge in [-0.25, -0.2) is 18.2 Å². The Bertz CT molecular complexity index is 1680. The van der Waals surface area contributed by atoms with Crippen molar-refractivity contribution in [2.45, 2.75) is 50.5 Å². The van der Waals surface area contributed by atoms with Crippen molar-refractivity contribution in [3.05, 3.63) is 78.1 Å². The second kappa shape index (κ2) is 10.2. The summed E-state index contributed by atoms with van der Waals surface area (Å²) in [5.74, 6) is 0.572. The molecule has 2 heterocycles. The number of fused-ring (bicyclic) bond motifs is 3. The van der Waals surface area contributed by atoms with Crippen LogP contribution in [0.4, 0.5) is 13.6 Å². The van der Waals surface area contributed by atoms with Crippen LogP contribution in [0.3, 0.4) is 0 Å². The SMILES string of the molecule is CC(C)(C)OC(=O)N1Cc2nc3ccc(-c4ccc(S(C)(=O)=O)cc4)cc3n2C(c2ccccc2OC(F)F)C1. The minimum Gasteiger partial charge on any atom is -0.444 e. The van der Waals surface area contributed by atoms with Gasteiger partial charge in [0.15, 0.2) is 9.84 Å². The van der Waals surface area contributed by atoms with Crippen LogP contribution in [0.1, 0.15) is 38.2 Å². The van der Waals surface area contributed by atoms with E-state index in [4.69, 9.17) is 14.5 Å². The van der Waals surface area contributed by atoms with Gasteiger partial charge in [-0.3, -0.25) is 4.90 Å². The van der Waals surface area contributed by atoms with Crippen molar-refractivity contribution >= 4 is 27.0 Å². The molecule has 0 spiro atoms. The Balaban J connectivity index is 1.64. The number of carbonyl (C=O) groups is 1. The molecule has 1 aliphatic rings. The predicted molar refractivity (Wildman–Crippen MR) is 146 cm³/mol. The van der Waals surface area contributed by atoms with Gasteiger partial charge in [-0.05, 0) is 62.2 Å². The van der Waals surface area contributed by atoms with Crippen LogP contribution >= 0.6 is 0 Å². The van der Waals surface area contributed by atoms with Crippen molar-refractivity contribution in [1.82, 2.24) is 14.5 Å². The highest BCUT2D eigenvalue weighted by Crippen LogP contribution is 2.38. The number of nitrogens with zero attached hydrogens (tertiary/aromatic N) is 3. The van der Waals surface area contributed by atoms with E-state index in [1.54, 1.807) is 63.2 Å². The molecule has 1 aromatic heterocycles. The van der Waals surface area contributed by atoms with Crippen LogP contribution in [-0.2, 0) is 21.1 Å². The average Bonchev–Trinajstić information content (AvgIpc) is 3.24. The zero-order valence-electron chi connectivity index (χ0n) is 22.5. The molecule has 1 unspecified atom stereocenters. The van der Waals surface area contributed by atoms with E-state index in [0.717, 1.165) is 22.9 Å². The third kappa shape index (κ3) is 5.65. The second-order valence-corrected chi connectivity index (χ2v) is 12.7. The number of hydrogen-bond acceptors (Lipinski definition) is 6. The Morgan fingerprint density at radius 2 is 1.70 bits per heavy atom. The molecule has 40 heavy (non-hydrogen) atoms. The smallest absolute Gasteiger partial charge is 0.410 e. The highest BCUT2D eigenvalue weighted by atomic mass is 32.2. The Morgan fingerprint density at radius 3 is 2.35 bits per heavy atom. The maximum atomic E-state index is 13.3. The Morgan fingerprint density at radius 1 is 1.02 bits per heavy atom. The number of hydrogen-bond donors (Lipinski definition) is 0. The van der Waals surface area contributed by atoms with Crippen LogP contribution in [-0.4, -0.2) is 54.0 Å². The van der Waals surface area contributed by atoms with Crippen LogP contribution in [0.15, 0.2) is 71.6 Å². The summed E-state index contributed by atoms with van der Waals surface area (Å²) in [7, 11) is -3.34. The fourth-order valence-electron chi connectivity index (χ4n) is 4.86. The molecule has 4 aromatic rings. The lowest BCUT2D eigenvalue weighted by Gasteiger charge is -2.36. The molecule has 1 aliphatic heterocycles. The normalized spacial score (nSPS) is 15.8. The monoisotopic (exact) mass is 569 g/mol. The summed E-state index contributed by atoms with van der Waals surface area (Å²) in [6.45, 7) is 2.61. The molecular formula is C29H29F2N3O5S. The first-order valence-corrected chi connectivity index (χ1v) is 14.5. The van der Waals surface area contributed by atoms with Crippen LogP contribution in [0, 0.1) is 0 Å². The van der Waals surface area contributed by atoms with E-state index in [2.05, 4.69) is 0 Å². The summed E-state index contributed by atoms with van der Waals surface area (Å²) < 4.78 is 62.9. The van der Waals surface area contributed by atoms with Gasteiger partial charge in [0.2, 0.25) is 0 Å². The number of benzene rings is 3. The Hall–Kier alpha value is -3.99. The van der Waals surface area contributed by atoms with Gasteiger partial charge in [0, 0.05) is 18.4 Å². The summed E-state index contributed by atoms with van der Waals surface area (Å²) in [6.07, 6.45) is 0.623. The summed E-state index contributed by atoms with van der Waals surface area (Å²) in [5.41, 5.74) is 2.77. The number of aromatic nitrogens is 2. The van der Waals surface area contributed by atoms with Crippen molar-refractivity contribution in [1.29, 1.82) is 0 Å². The largest absolute Gasteiger partial charge is 0.444 e. The molecule has 1 atom stereocenters. The number of alkyl halides is 2. The number of imidazole rings is 1. The van der Waals surface area contributed by atoms with Crippen molar-refractivity contribution in [2.75, 3.05) is 12.8 Å². The van der Waals surface area contributed by atoms with E-state index >= 15 is 0 Å². The summed E-state index contributed by atoms with van der Waals surface area (Å²) >= 11 is 0. The average molecular weight is 570 g/mol. The van der Waals surface area contributed by atoms with E-state index in [1.807, 2.05) is 22.8 Å². The first-order valence-electron chi connectivity index (χ1n) is 12.6. The van der Waals surface area contributed by atoms with Crippen LogP contribution in [0.25, 0.3) is 22.2 Å². The van der Waals surface area contributed by atoms with Gasteiger partial charge in [-0.1, -0.05) is 36.4 Å². The van der Waals surface area contributed by atoms with Gasteiger partial charge in [-0.15, -0.1) is 0 Å². The number of amides is 1. The van der Waals surface area contributed by atoms with E-state index in [0.29, 0.717) is 16.9 Å². The fourth-order valence-corrected chi connectivity index (χ4v) is 5.49. The van der Waals surface area contributed by atoms with Gasteiger partial charge >= 0.3 is 12.7 Å². The summed E-state index contributed by atoms with van der Waals surface area (Å²) in [5, 5.41) is 0. The van der Waals surface area contributed by atoms with E-state index in [-0.39, 0.29) is 23.7 Å². The molecule has 5 rings (SSSR count). The molecule has 0 fully saturated rings. The number of para-hydroxylation sites is 1. The zero-order chi connectivity index (χ0) is 28.8. The minimum atomic E-state index is -3.34. The summed E-state index contributed by atoms with van der Waals surface area (Å²) in [4.78, 5) is 19.6. The summed E-state index contributed by atoms with van der Waals surface area (Å²) in [6, 6.07) is 18.1. The highest BCUT2D eigenvalue weighted by molar-refractivity contribution is 7.90. The first-order chi connectivity index (χ1) is 18.8. The predicted octanol–water partition coefficient (Wildman–Crippen LogP) is 6.05. The van der Waals surface area contributed by atoms with E-state index in [9.17, 15) is 22.0 Å². The molecule has 3 aromatic carbocycles. The highest BCUT2D eigenvalue weighted by Gasteiger charge is 2.35. The van der Waals surface area contributed by atoms with Crippen molar-refractivity contribution in [3.63, 3.8) is 0 Å². The maximum absolute atomic E-state index is 13.3. The van der Waals surface area contributed by atoms with Gasteiger partial charge in [-0.2, -0.15) is 8.78 Å². The molecular weight excluding hydrogens is 540 g/mol. The lowest BCUT2D eigenvalue weighted by Crippen LogP contribution is -2.44. The van der Waals surface area contributed by atoms with Crippen molar-refractivity contribution in [3.8, 4) is 16.9 Å². The standard InChI is InChI=1S/C29H29F2N3O5S/c1-29(2,3)39-28(35)33-16-24(21-7-5-6-8-25(21)38-27(30)31)34-23-15-19(11-14-22(23)32-26(34)17-33)18-9-12-20(13-10-18)40(4,36)37/h5-15,24,27H,16-17H2,1-4H3. The van der Waals surface area contributed by atoms with Crippen LogP contribution < -0.4 is 4.74 Å². The molecule has 0 saturated heterocycles. The third-order valence-electron chi connectivity index (χ3n) is 6.56. The van der Waals surface area contributed by atoms with Crippen LogP contribution in [0.5, 0.6) is 5.75 Å². The minimum absolute atomic E-state index is 0.00820. The van der Waals surface area contributed by atoms with Crippen molar-refractivity contribution < 1.29 is 31.5 Å². The van der Waals surface area contributed by atoms with Crippen molar-refractivity contribution in [2.24, 2.45) is 0 Å². The van der Waals surface area contributed by atoms with E-state index < -0.39 is 34.2 Å². The quantitative estimate of drug-likeness (QED) is 0.291. The lowest BCUT2D eigenvalue weighted by molar-refractivity contribution is -0.0509.